The van der Waals surface area contributed by atoms with Crippen molar-refractivity contribution >= 4 is 0 Å². The second-order valence-electron chi connectivity index (χ2n) is 5.81. The van der Waals surface area contributed by atoms with Gasteiger partial charge in [0, 0.05) is 18.2 Å². The molecule has 3 aromatic rings. The molecule has 0 radical (unpaired) electrons. The van der Waals surface area contributed by atoms with Crippen molar-refractivity contribution in [3.63, 3.8) is 0 Å². The van der Waals surface area contributed by atoms with Crippen LogP contribution in [0.1, 0.15) is 24.6 Å². The number of halogens is 1. The maximum atomic E-state index is 14.4. The number of nitrogens with zero attached hydrogens (tertiary/aromatic N) is 4. The summed E-state index contributed by atoms with van der Waals surface area (Å²) < 4.78 is 16.1. The molecule has 4 rings (SSSR count). The van der Waals surface area contributed by atoms with Gasteiger partial charge < -0.3 is 5.73 Å². The van der Waals surface area contributed by atoms with E-state index in [-0.39, 0.29) is 17.8 Å². The molecule has 6 heteroatoms. The predicted molar refractivity (Wildman–Crippen MR) is 84.5 cm³/mol. The molecule has 2 aromatic heterocycles. The van der Waals surface area contributed by atoms with Gasteiger partial charge in [-0.05, 0) is 37.1 Å². The molecule has 0 unspecified atom stereocenters. The first-order valence-electron chi connectivity index (χ1n) is 7.61. The summed E-state index contributed by atoms with van der Waals surface area (Å²) in [6, 6.07) is 12.4. The van der Waals surface area contributed by atoms with Crippen LogP contribution in [0.2, 0.25) is 0 Å². The lowest BCUT2D eigenvalue weighted by Crippen LogP contribution is -2.36. The van der Waals surface area contributed by atoms with Crippen LogP contribution in [0.25, 0.3) is 17.2 Å². The van der Waals surface area contributed by atoms with Crippen LogP contribution in [0.5, 0.6) is 0 Å². The maximum Gasteiger partial charge on any atom is 0.187 e. The normalized spacial score (nSPS) is 20.3. The van der Waals surface area contributed by atoms with Gasteiger partial charge in [-0.1, -0.05) is 18.2 Å². The number of hydrogen-bond acceptors (Lipinski definition) is 4. The monoisotopic (exact) mass is 309 g/mol. The fourth-order valence-corrected chi connectivity index (χ4v) is 2.96. The van der Waals surface area contributed by atoms with E-state index in [0.29, 0.717) is 17.2 Å². The third kappa shape index (κ3) is 2.41. The van der Waals surface area contributed by atoms with E-state index >= 15 is 0 Å². The fraction of sp³-hybridized carbons (Fsp3) is 0.235. The van der Waals surface area contributed by atoms with Gasteiger partial charge in [-0.15, -0.1) is 10.2 Å². The van der Waals surface area contributed by atoms with Crippen LogP contribution in [0.4, 0.5) is 4.39 Å². The van der Waals surface area contributed by atoms with Crippen molar-refractivity contribution in [1.29, 1.82) is 0 Å². The molecule has 0 aliphatic heterocycles. The SMILES string of the molecule is NC1CC(c2nnc(-c3ccccn3)n2-c2ccccc2F)C1. The average molecular weight is 309 g/mol. The van der Waals surface area contributed by atoms with E-state index < -0.39 is 0 Å². The van der Waals surface area contributed by atoms with Crippen LogP contribution in [0, 0.1) is 5.82 Å². The lowest BCUT2D eigenvalue weighted by molar-refractivity contribution is 0.334. The molecule has 23 heavy (non-hydrogen) atoms. The Morgan fingerprint density at radius 2 is 1.83 bits per heavy atom. The molecule has 1 fully saturated rings. The summed E-state index contributed by atoms with van der Waals surface area (Å²) in [5, 5.41) is 8.59. The minimum atomic E-state index is -0.311. The van der Waals surface area contributed by atoms with Crippen molar-refractivity contribution < 1.29 is 4.39 Å². The van der Waals surface area contributed by atoms with Crippen molar-refractivity contribution in [3.8, 4) is 17.2 Å². The minimum Gasteiger partial charge on any atom is -0.328 e. The summed E-state index contributed by atoms with van der Waals surface area (Å²) in [6.07, 6.45) is 3.37. The standard InChI is InChI=1S/C17H16FN5/c18-13-5-1-2-7-15(13)23-16(11-9-12(19)10-11)21-22-17(23)14-6-3-4-8-20-14/h1-8,11-12H,9-10,19H2. The number of rotatable bonds is 3. The Bertz CT molecular complexity index is 824. The third-order valence-corrected chi connectivity index (χ3v) is 4.22. The Labute approximate surface area is 133 Å². The molecule has 0 spiro atoms. The van der Waals surface area contributed by atoms with E-state index in [1.807, 2.05) is 18.2 Å². The summed E-state index contributed by atoms with van der Waals surface area (Å²) in [7, 11) is 0. The Morgan fingerprint density at radius 3 is 2.52 bits per heavy atom. The van der Waals surface area contributed by atoms with Crippen LogP contribution < -0.4 is 5.73 Å². The lowest BCUT2D eigenvalue weighted by Gasteiger charge is -2.31. The molecule has 2 N–H and O–H groups in total. The molecular formula is C17H16FN5. The van der Waals surface area contributed by atoms with Gasteiger partial charge >= 0.3 is 0 Å². The maximum absolute atomic E-state index is 14.4. The summed E-state index contributed by atoms with van der Waals surface area (Å²) in [4.78, 5) is 4.33. The fourth-order valence-electron chi connectivity index (χ4n) is 2.96. The largest absolute Gasteiger partial charge is 0.328 e. The van der Waals surface area contributed by atoms with Crippen molar-refractivity contribution in [1.82, 2.24) is 19.7 Å². The van der Waals surface area contributed by atoms with Gasteiger partial charge in [0.2, 0.25) is 0 Å². The number of pyridine rings is 1. The number of benzene rings is 1. The molecular weight excluding hydrogens is 293 g/mol. The number of aromatic nitrogens is 4. The number of hydrogen-bond donors (Lipinski definition) is 1. The number of para-hydroxylation sites is 1. The Balaban J connectivity index is 1.89. The Kier molecular flexibility index (Phi) is 3.38. The first kappa shape index (κ1) is 14.0. The lowest BCUT2D eigenvalue weighted by atomic mass is 9.80. The molecule has 1 aliphatic carbocycles. The van der Waals surface area contributed by atoms with Crippen LogP contribution >= 0.6 is 0 Å². The van der Waals surface area contributed by atoms with E-state index in [9.17, 15) is 4.39 Å². The molecule has 1 saturated carbocycles. The molecule has 0 saturated heterocycles. The van der Waals surface area contributed by atoms with Gasteiger partial charge in [0.15, 0.2) is 5.82 Å². The van der Waals surface area contributed by atoms with Gasteiger partial charge in [-0.3, -0.25) is 9.55 Å². The highest BCUT2D eigenvalue weighted by Crippen LogP contribution is 2.37. The highest BCUT2D eigenvalue weighted by Gasteiger charge is 2.33. The molecule has 0 atom stereocenters. The third-order valence-electron chi connectivity index (χ3n) is 4.22. The molecule has 0 amide bonds. The second kappa shape index (κ2) is 5.55. The van der Waals surface area contributed by atoms with Crippen LogP contribution in [-0.2, 0) is 0 Å². The van der Waals surface area contributed by atoms with E-state index in [1.54, 1.807) is 29.0 Å². The van der Waals surface area contributed by atoms with Crippen molar-refractivity contribution in [2.45, 2.75) is 24.8 Å². The van der Waals surface area contributed by atoms with Gasteiger partial charge in [0.25, 0.3) is 0 Å². The zero-order valence-corrected chi connectivity index (χ0v) is 12.4. The van der Waals surface area contributed by atoms with Gasteiger partial charge in [-0.25, -0.2) is 4.39 Å². The summed E-state index contributed by atoms with van der Waals surface area (Å²) >= 11 is 0. The summed E-state index contributed by atoms with van der Waals surface area (Å²) in [5.74, 6) is 1.19. The average Bonchev–Trinajstić information content (AvgIpc) is 2.97. The van der Waals surface area contributed by atoms with Crippen molar-refractivity contribution in [3.05, 3.63) is 60.3 Å². The first-order valence-corrected chi connectivity index (χ1v) is 7.61. The van der Waals surface area contributed by atoms with Crippen LogP contribution in [-0.4, -0.2) is 25.8 Å². The van der Waals surface area contributed by atoms with Crippen LogP contribution in [0.15, 0.2) is 48.7 Å². The highest BCUT2D eigenvalue weighted by molar-refractivity contribution is 5.54. The Morgan fingerprint density at radius 1 is 1.04 bits per heavy atom. The topological polar surface area (TPSA) is 69.6 Å². The van der Waals surface area contributed by atoms with E-state index in [0.717, 1.165) is 18.7 Å². The van der Waals surface area contributed by atoms with E-state index in [2.05, 4.69) is 15.2 Å². The molecule has 0 bridgehead atoms. The van der Waals surface area contributed by atoms with Gasteiger partial charge in [0.05, 0.1) is 5.69 Å². The summed E-state index contributed by atoms with van der Waals surface area (Å²) in [5.41, 5.74) is 7.00. The van der Waals surface area contributed by atoms with E-state index in [1.165, 1.54) is 6.07 Å². The van der Waals surface area contributed by atoms with Crippen LogP contribution in [0.3, 0.4) is 0 Å². The number of nitrogens with two attached hydrogens (primary N) is 1. The van der Waals surface area contributed by atoms with E-state index in [4.69, 9.17) is 5.73 Å². The Hall–Kier alpha value is -2.60. The quantitative estimate of drug-likeness (QED) is 0.807. The predicted octanol–water partition coefficient (Wildman–Crippen LogP) is 2.67. The zero-order valence-electron chi connectivity index (χ0n) is 12.4. The van der Waals surface area contributed by atoms with Crippen molar-refractivity contribution in [2.75, 3.05) is 0 Å². The smallest absolute Gasteiger partial charge is 0.187 e. The second-order valence-corrected chi connectivity index (χ2v) is 5.81. The highest BCUT2D eigenvalue weighted by atomic mass is 19.1. The molecule has 1 aliphatic rings. The molecule has 116 valence electrons. The molecule has 2 heterocycles. The minimum absolute atomic E-state index is 0.184. The first-order chi connectivity index (χ1) is 11.2. The molecule has 5 nitrogen and oxygen atoms in total. The zero-order chi connectivity index (χ0) is 15.8. The molecule has 1 aromatic carbocycles. The van der Waals surface area contributed by atoms with Crippen molar-refractivity contribution in [2.24, 2.45) is 5.73 Å². The summed E-state index contributed by atoms with van der Waals surface area (Å²) in [6.45, 7) is 0. The van der Waals surface area contributed by atoms with Gasteiger partial charge in [0.1, 0.15) is 17.3 Å². The van der Waals surface area contributed by atoms with Gasteiger partial charge in [-0.2, -0.15) is 0 Å².